The van der Waals surface area contributed by atoms with E-state index in [9.17, 15) is 4.39 Å². The zero-order chi connectivity index (χ0) is 14.7. The molecule has 1 aromatic rings. The summed E-state index contributed by atoms with van der Waals surface area (Å²) >= 11 is 0. The number of hydrogen-bond donors (Lipinski definition) is 1. The molecule has 2 rings (SSSR count). The molecule has 2 N–H and O–H groups in total. The monoisotopic (exact) mass is 278 g/mol. The highest BCUT2D eigenvalue weighted by atomic mass is 19.1. The Morgan fingerprint density at radius 2 is 1.95 bits per heavy atom. The minimum Gasteiger partial charge on any atom is -0.326 e. The van der Waals surface area contributed by atoms with Crippen LogP contribution in [0.5, 0.6) is 0 Å². The molecular weight excluding hydrogens is 251 g/mol. The van der Waals surface area contributed by atoms with E-state index in [-0.39, 0.29) is 17.9 Å². The molecule has 0 spiro atoms. The molecule has 1 heterocycles. The molecule has 2 nitrogen and oxygen atoms in total. The highest BCUT2D eigenvalue weighted by Crippen LogP contribution is 2.33. The van der Waals surface area contributed by atoms with Gasteiger partial charge in [0.2, 0.25) is 0 Å². The smallest absolute Gasteiger partial charge is 0.123 e. The number of likely N-dealkylation sites (tertiary alicyclic amines) is 1. The fourth-order valence-electron chi connectivity index (χ4n) is 3.22. The van der Waals surface area contributed by atoms with E-state index in [2.05, 4.69) is 25.7 Å². The third-order valence-electron chi connectivity index (χ3n) is 4.68. The largest absolute Gasteiger partial charge is 0.326 e. The predicted molar refractivity (Wildman–Crippen MR) is 81.9 cm³/mol. The maximum Gasteiger partial charge on any atom is 0.123 e. The number of benzene rings is 1. The third kappa shape index (κ3) is 3.39. The topological polar surface area (TPSA) is 29.3 Å². The molecule has 1 saturated heterocycles. The van der Waals surface area contributed by atoms with Crippen LogP contribution in [0.25, 0.3) is 0 Å². The zero-order valence-electron chi connectivity index (χ0n) is 12.8. The Bertz CT molecular complexity index is 416. The van der Waals surface area contributed by atoms with Crippen molar-refractivity contribution in [2.75, 3.05) is 13.1 Å². The molecular formula is C17H27FN2. The van der Waals surface area contributed by atoms with Crippen LogP contribution in [0.15, 0.2) is 24.3 Å². The van der Waals surface area contributed by atoms with Gasteiger partial charge in [-0.25, -0.2) is 4.39 Å². The highest BCUT2D eigenvalue weighted by molar-refractivity contribution is 5.22. The Kier molecular flexibility index (Phi) is 5.17. The predicted octanol–water partition coefficient (Wildman–Crippen LogP) is 3.58. The van der Waals surface area contributed by atoms with Gasteiger partial charge in [0.1, 0.15) is 5.82 Å². The lowest BCUT2D eigenvalue weighted by atomic mass is 9.94. The maximum atomic E-state index is 13.1. The quantitative estimate of drug-likeness (QED) is 0.892. The van der Waals surface area contributed by atoms with Crippen molar-refractivity contribution in [1.82, 2.24) is 4.90 Å². The number of nitrogens with two attached hydrogens (primary N) is 1. The van der Waals surface area contributed by atoms with E-state index >= 15 is 0 Å². The minimum atomic E-state index is -0.181. The van der Waals surface area contributed by atoms with Gasteiger partial charge in [0.15, 0.2) is 0 Å². The summed E-state index contributed by atoms with van der Waals surface area (Å²) in [5.41, 5.74) is 7.50. The van der Waals surface area contributed by atoms with Crippen LogP contribution in [0.3, 0.4) is 0 Å². The Morgan fingerprint density at radius 3 is 2.45 bits per heavy atom. The second kappa shape index (κ2) is 6.68. The first kappa shape index (κ1) is 15.5. The Labute approximate surface area is 122 Å². The van der Waals surface area contributed by atoms with Gasteiger partial charge in [-0.2, -0.15) is 0 Å². The average molecular weight is 278 g/mol. The van der Waals surface area contributed by atoms with Crippen molar-refractivity contribution in [1.29, 1.82) is 0 Å². The summed E-state index contributed by atoms with van der Waals surface area (Å²) in [6.07, 6.45) is 2.18. The first-order chi connectivity index (χ1) is 9.52. The van der Waals surface area contributed by atoms with Crippen molar-refractivity contribution in [2.24, 2.45) is 17.6 Å². The summed E-state index contributed by atoms with van der Waals surface area (Å²) in [5.74, 6) is 1.28. The highest BCUT2D eigenvalue weighted by Gasteiger charge is 2.33. The van der Waals surface area contributed by atoms with E-state index in [1.807, 2.05) is 12.1 Å². The number of halogens is 1. The van der Waals surface area contributed by atoms with Gasteiger partial charge in [0, 0.05) is 18.6 Å². The van der Waals surface area contributed by atoms with Crippen LogP contribution in [0.2, 0.25) is 0 Å². The SMILES string of the molecule is CCC(N)C(c1ccc(F)cc1)N1CCC(C(C)C)C1. The molecule has 0 bridgehead atoms. The molecule has 1 aromatic carbocycles. The van der Waals surface area contributed by atoms with Gasteiger partial charge in [-0.3, -0.25) is 4.90 Å². The Hall–Kier alpha value is -0.930. The van der Waals surface area contributed by atoms with E-state index in [1.165, 1.54) is 6.42 Å². The van der Waals surface area contributed by atoms with Gasteiger partial charge < -0.3 is 5.73 Å². The summed E-state index contributed by atoms with van der Waals surface area (Å²) in [6.45, 7) is 8.91. The average Bonchev–Trinajstić information content (AvgIpc) is 2.90. The number of rotatable bonds is 5. The maximum absolute atomic E-state index is 13.1. The summed E-state index contributed by atoms with van der Waals surface area (Å²) in [4.78, 5) is 2.49. The van der Waals surface area contributed by atoms with Gasteiger partial charge >= 0.3 is 0 Å². The molecule has 3 heteroatoms. The molecule has 1 aliphatic heterocycles. The van der Waals surface area contributed by atoms with Crippen LogP contribution < -0.4 is 5.73 Å². The van der Waals surface area contributed by atoms with Crippen LogP contribution in [-0.4, -0.2) is 24.0 Å². The van der Waals surface area contributed by atoms with Gasteiger partial charge in [0.05, 0.1) is 0 Å². The minimum absolute atomic E-state index is 0.103. The molecule has 0 radical (unpaired) electrons. The van der Waals surface area contributed by atoms with E-state index in [0.717, 1.165) is 31.0 Å². The lowest BCUT2D eigenvalue weighted by Crippen LogP contribution is -2.40. The van der Waals surface area contributed by atoms with Crippen molar-refractivity contribution < 1.29 is 4.39 Å². The third-order valence-corrected chi connectivity index (χ3v) is 4.68. The van der Waals surface area contributed by atoms with Crippen LogP contribution >= 0.6 is 0 Å². The summed E-state index contributed by atoms with van der Waals surface area (Å²) in [6, 6.07) is 7.17. The number of hydrogen-bond acceptors (Lipinski definition) is 2. The zero-order valence-corrected chi connectivity index (χ0v) is 12.8. The molecule has 1 aliphatic rings. The molecule has 0 aromatic heterocycles. The van der Waals surface area contributed by atoms with Crippen LogP contribution in [0.1, 0.15) is 45.2 Å². The molecule has 0 aliphatic carbocycles. The fraction of sp³-hybridized carbons (Fsp3) is 0.647. The van der Waals surface area contributed by atoms with E-state index in [4.69, 9.17) is 5.73 Å². The van der Waals surface area contributed by atoms with Gasteiger partial charge in [-0.05, 0) is 48.9 Å². The van der Waals surface area contributed by atoms with Gasteiger partial charge in [-0.15, -0.1) is 0 Å². The number of nitrogens with zero attached hydrogens (tertiary/aromatic N) is 1. The molecule has 3 unspecified atom stereocenters. The van der Waals surface area contributed by atoms with Crippen molar-refractivity contribution in [3.63, 3.8) is 0 Å². The Morgan fingerprint density at radius 1 is 1.30 bits per heavy atom. The molecule has 0 saturated carbocycles. The molecule has 3 atom stereocenters. The van der Waals surface area contributed by atoms with Crippen LogP contribution in [0, 0.1) is 17.7 Å². The first-order valence-corrected chi connectivity index (χ1v) is 7.78. The van der Waals surface area contributed by atoms with Gasteiger partial charge in [-0.1, -0.05) is 32.9 Å². The molecule has 1 fully saturated rings. The normalized spacial score (nSPS) is 23.2. The standard InChI is InChI=1S/C17H27FN2/c1-4-16(19)17(13-5-7-15(18)8-6-13)20-10-9-14(11-20)12(2)3/h5-8,12,14,16-17H,4,9-11,19H2,1-3H3. The van der Waals surface area contributed by atoms with Gasteiger partial charge in [0.25, 0.3) is 0 Å². The molecule has 20 heavy (non-hydrogen) atoms. The Balaban J connectivity index is 2.18. The summed E-state index contributed by atoms with van der Waals surface area (Å²) in [5, 5.41) is 0. The first-order valence-electron chi connectivity index (χ1n) is 7.78. The van der Waals surface area contributed by atoms with Crippen molar-refractivity contribution in [3.05, 3.63) is 35.6 Å². The van der Waals surface area contributed by atoms with Crippen LogP contribution in [-0.2, 0) is 0 Å². The van der Waals surface area contributed by atoms with Crippen molar-refractivity contribution in [3.8, 4) is 0 Å². The fourth-order valence-corrected chi connectivity index (χ4v) is 3.22. The van der Waals surface area contributed by atoms with Crippen molar-refractivity contribution in [2.45, 2.75) is 45.7 Å². The summed E-state index contributed by atoms with van der Waals surface area (Å²) in [7, 11) is 0. The second-order valence-corrected chi connectivity index (χ2v) is 6.36. The second-order valence-electron chi connectivity index (χ2n) is 6.36. The molecule has 112 valence electrons. The van der Waals surface area contributed by atoms with E-state index in [0.29, 0.717) is 5.92 Å². The van der Waals surface area contributed by atoms with Crippen molar-refractivity contribution >= 4 is 0 Å². The van der Waals surface area contributed by atoms with E-state index < -0.39 is 0 Å². The lowest BCUT2D eigenvalue weighted by Gasteiger charge is -2.33. The summed E-state index contributed by atoms with van der Waals surface area (Å²) < 4.78 is 13.1. The van der Waals surface area contributed by atoms with Crippen LogP contribution in [0.4, 0.5) is 4.39 Å². The van der Waals surface area contributed by atoms with E-state index in [1.54, 1.807) is 12.1 Å². The molecule has 0 amide bonds. The lowest BCUT2D eigenvalue weighted by molar-refractivity contribution is 0.195.